The molecule has 0 amide bonds. The number of hydrogen-bond donors (Lipinski definition) is 0. The predicted molar refractivity (Wildman–Crippen MR) is 109 cm³/mol. The van der Waals surface area contributed by atoms with Gasteiger partial charge in [0.05, 0.1) is 0 Å². The zero-order chi connectivity index (χ0) is 17.9. The molecular weight excluding hydrogens is 320 g/mol. The molecule has 0 spiro atoms. The molecule has 0 aliphatic carbocycles. The Morgan fingerprint density at radius 3 is 1.85 bits per heavy atom. The molecule has 1 aromatic carbocycles. The number of benzene rings is 1. The van der Waals surface area contributed by atoms with Crippen LogP contribution >= 0.6 is 0 Å². The largest absolute Gasteiger partial charge is 0.356 e. The molecule has 0 N–H and O–H groups in total. The van der Waals surface area contributed by atoms with Crippen LogP contribution in [0.1, 0.15) is 39.5 Å². The smallest absolute Gasteiger partial charge is 0.163 e. The van der Waals surface area contributed by atoms with Gasteiger partial charge < -0.3 is 9.80 Å². The van der Waals surface area contributed by atoms with Gasteiger partial charge in [0.15, 0.2) is 5.82 Å². The first-order valence-corrected chi connectivity index (χ1v) is 10.1. The lowest BCUT2D eigenvalue weighted by Crippen LogP contribution is -2.37. The maximum atomic E-state index is 4.96. The number of hydrogen-bond acceptors (Lipinski definition) is 4. The minimum Gasteiger partial charge on any atom is -0.356 e. The molecule has 0 radical (unpaired) electrons. The summed E-state index contributed by atoms with van der Waals surface area (Å²) < 4.78 is 0. The second kappa shape index (κ2) is 7.65. The van der Waals surface area contributed by atoms with Crippen molar-refractivity contribution in [3.8, 4) is 11.4 Å². The number of anilines is 2. The molecule has 138 valence electrons. The summed E-state index contributed by atoms with van der Waals surface area (Å²) in [5.74, 6) is 4.52. The summed E-state index contributed by atoms with van der Waals surface area (Å²) in [4.78, 5) is 14.8. The quantitative estimate of drug-likeness (QED) is 0.809. The average molecular weight is 351 g/mol. The Morgan fingerprint density at radius 2 is 1.35 bits per heavy atom. The molecule has 0 bridgehead atoms. The second-order valence-electron chi connectivity index (χ2n) is 8.16. The van der Waals surface area contributed by atoms with Crippen LogP contribution in [0.25, 0.3) is 11.4 Å². The first kappa shape index (κ1) is 17.3. The van der Waals surface area contributed by atoms with Crippen molar-refractivity contribution < 1.29 is 0 Å². The van der Waals surface area contributed by atoms with Crippen molar-refractivity contribution in [3.05, 3.63) is 36.4 Å². The SMILES string of the molecule is CC1CCCN(c2cc(N3CCCC(C)C3)nc(-c3ccccc3)n2)C1. The summed E-state index contributed by atoms with van der Waals surface area (Å²) >= 11 is 0. The van der Waals surface area contributed by atoms with E-state index in [1.165, 1.54) is 25.7 Å². The molecular formula is C22H30N4. The zero-order valence-electron chi connectivity index (χ0n) is 16.1. The molecule has 26 heavy (non-hydrogen) atoms. The lowest BCUT2D eigenvalue weighted by Gasteiger charge is -2.35. The van der Waals surface area contributed by atoms with E-state index in [0.29, 0.717) is 0 Å². The zero-order valence-corrected chi connectivity index (χ0v) is 16.1. The van der Waals surface area contributed by atoms with Crippen LogP contribution < -0.4 is 9.80 Å². The standard InChI is InChI=1S/C22H30N4/c1-17-8-6-12-25(15-17)20-14-21(26-13-7-9-18(2)16-26)24-22(23-20)19-10-4-3-5-11-19/h3-5,10-11,14,17-18H,6-9,12-13,15-16H2,1-2H3. The highest BCUT2D eigenvalue weighted by Crippen LogP contribution is 2.29. The summed E-state index contributed by atoms with van der Waals surface area (Å²) in [6.07, 6.45) is 5.15. The van der Waals surface area contributed by atoms with Crippen LogP contribution in [0.5, 0.6) is 0 Å². The first-order valence-electron chi connectivity index (χ1n) is 10.1. The van der Waals surface area contributed by atoms with Crippen LogP contribution in [0.15, 0.2) is 36.4 Å². The molecule has 4 rings (SSSR count). The van der Waals surface area contributed by atoms with Crippen molar-refractivity contribution in [2.75, 3.05) is 36.0 Å². The Labute approximate surface area is 157 Å². The van der Waals surface area contributed by atoms with Crippen molar-refractivity contribution in [3.63, 3.8) is 0 Å². The minimum atomic E-state index is 0.734. The van der Waals surface area contributed by atoms with Crippen LogP contribution in [-0.2, 0) is 0 Å². The Balaban J connectivity index is 1.72. The molecule has 2 aliphatic heterocycles. The van der Waals surface area contributed by atoms with Crippen LogP contribution in [0, 0.1) is 11.8 Å². The van der Waals surface area contributed by atoms with Crippen molar-refractivity contribution in [1.82, 2.24) is 9.97 Å². The van der Waals surface area contributed by atoms with Crippen LogP contribution in [0.4, 0.5) is 11.6 Å². The van der Waals surface area contributed by atoms with Gasteiger partial charge >= 0.3 is 0 Å². The maximum absolute atomic E-state index is 4.96. The molecule has 2 aromatic rings. The van der Waals surface area contributed by atoms with Gasteiger partial charge in [0, 0.05) is 37.8 Å². The fraction of sp³-hybridized carbons (Fsp3) is 0.545. The average Bonchev–Trinajstić information content (AvgIpc) is 2.68. The number of rotatable bonds is 3. The molecule has 1 aromatic heterocycles. The molecule has 4 nitrogen and oxygen atoms in total. The van der Waals surface area contributed by atoms with E-state index in [0.717, 1.165) is 61.0 Å². The van der Waals surface area contributed by atoms with Gasteiger partial charge in [-0.3, -0.25) is 0 Å². The van der Waals surface area contributed by atoms with E-state index in [1.807, 2.05) is 6.07 Å². The highest BCUT2D eigenvalue weighted by molar-refractivity contribution is 5.62. The Hall–Kier alpha value is -2.10. The number of piperidine rings is 2. The maximum Gasteiger partial charge on any atom is 0.163 e. The third-order valence-electron chi connectivity index (χ3n) is 5.69. The molecule has 4 heteroatoms. The van der Waals surface area contributed by atoms with Crippen molar-refractivity contribution >= 4 is 11.6 Å². The van der Waals surface area contributed by atoms with Gasteiger partial charge in [-0.15, -0.1) is 0 Å². The van der Waals surface area contributed by atoms with Crippen molar-refractivity contribution in [1.29, 1.82) is 0 Å². The van der Waals surface area contributed by atoms with Gasteiger partial charge in [0.1, 0.15) is 11.6 Å². The molecule has 0 saturated carbocycles. The number of nitrogens with zero attached hydrogens (tertiary/aromatic N) is 4. The normalized spacial score (nSPS) is 23.9. The van der Waals surface area contributed by atoms with E-state index >= 15 is 0 Å². The highest BCUT2D eigenvalue weighted by atomic mass is 15.2. The Morgan fingerprint density at radius 1 is 0.808 bits per heavy atom. The molecule has 2 saturated heterocycles. The fourth-order valence-corrected chi connectivity index (χ4v) is 4.26. The van der Waals surface area contributed by atoms with E-state index in [2.05, 4.69) is 54.0 Å². The van der Waals surface area contributed by atoms with E-state index < -0.39 is 0 Å². The molecule has 2 fully saturated rings. The van der Waals surface area contributed by atoms with Gasteiger partial charge in [-0.25, -0.2) is 9.97 Å². The Kier molecular flexibility index (Phi) is 5.09. The van der Waals surface area contributed by atoms with Gasteiger partial charge in [-0.05, 0) is 37.5 Å². The topological polar surface area (TPSA) is 32.3 Å². The molecule has 3 heterocycles. The summed E-state index contributed by atoms with van der Waals surface area (Å²) in [6, 6.07) is 12.6. The Bertz CT molecular complexity index is 690. The van der Waals surface area contributed by atoms with Gasteiger partial charge in [-0.1, -0.05) is 44.2 Å². The van der Waals surface area contributed by atoms with Crippen molar-refractivity contribution in [2.45, 2.75) is 39.5 Å². The van der Waals surface area contributed by atoms with Crippen LogP contribution in [-0.4, -0.2) is 36.1 Å². The fourth-order valence-electron chi connectivity index (χ4n) is 4.26. The highest BCUT2D eigenvalue weighted by Gasteiger charge is 2.23. The summed E-state index contributed by atoms with van der Waals surface area (Å²) in [6.45, 7) is 9.09. The van der Waals surface area contributed by atoms with Gasteiger partial charge in [0.25, 0.3) is 0 Å². The second-order valence-corrected chi connectivity index (χ2v) is 8.16. The number of aromatic nitrogens is 2. The summed E-state index contributed by atoms with van der Waals surface area (Å²) in [7, 11) is 0. The summed E-state index contributed by atoms with van der Waals surface area (Å²) in [5, 5.41) is 0. The summed E-state index contributed by atoms with van der Waals surface area (Å²) in [5.41, 5.74) is 1.10. The molecule has 2 unspecified atom stereocenters. The van der Waals surface area contributed by atoms with Gasteiger partial charge in [0.2, 0.25) is 0 Å². The van der Waals surface area contributed by atoms with Crippen LogP contribution in [0.2, 0.25) is 0 Å². The predicted octanol–water partition coefficient (Wildman–Crippen LogP) is 4.62. The molecule has 2 aliphatic rings. The first-order chi connectivity index (χ1) is 12.7. The lowest BCUT2D eigenvalue weighted by atomic mass is 10.00. The van der Waals surface area contributed by atoms with Crippen molar-refractivity contribution in [2.24, 2.45) is 11.8 Å². The van der Waals surface area contributed by atoms with E-state index in [1.54, 1.807) is 0 Å². The molecule has 2 atom stereocenters. The van der Waals surface area contributed by atoms with E-state index in [-0.39, 0.29) is 0 Å². The van der Waals surface area contributed by atoms with Gasteiger partial charge in [-0.2, -0.15) is 0 Å². The third kappa shape index (κ3) is 3.84. The lowest BCUT2D eigenvalue weighted by molar-refractivity contribution is 0.441. The van der Waals surface area contributed by atoms with E-state index in [9.17, 15) is 0 Å². The monoisotopic (exact) mass is 350 g/mol. The van der Waals surface area contributed by atoms with E-state index in [4.69, 9.17) is 9.97 Å². The third-order valence-corrected chi connectivity index (χ3v) is 5.69. The van der Waals surface area contributed by atoms with Crippen LogP contribution in [0.3, 0.4) is 0 Å². The minimum absolute atomic E-state index is 0.734.